The number of aromatic amines is 1. The second-order valence-corrected chi connectivity index (χ2v) is 5.83. The Hall–Kier alpha value is -3.18. The summed E-state index contributed by atoms with van der Waals surface area (Å²) in [6.07, 6.45) is 8.45. The maximum atomic E-state index is 11.5. The average molecular weight is 391 g/mol. The molecule has 0 saturated carbocycles. The third kappa shape index (κ3) is 6.92. The van der Waals surface area contributed by atoms with Crippen LogP contribution in [0.1, 0.15) is 11.5 Å². The van der Waals surface area contributed by atoms with Gasteiger partial charge in [0.25, 0.3) is 0 Å². The van der Waals surface area contributed by atoms with Crippen LogP contribution in [-0.4, -0.2) is 65.8 Å². The van der Waals surface area contributed by atoms with Gasteiger partial charge < -0.3 is 15.0 Å². The van der Waals surface area contributed by atoms with E-state index in [0.717, 1.165) is 28.6 Å². The Balaban J connectivity index is 2.60. The lowest BCUT2D eigenvalue weighted by Crippen LogP contribution is -2.44. The van der Waals surface area contributed by atoms with E-state index in [1.54, 1.807) is 18.0 Å². The average Bonchev–Trinajstić information content (AvgIpc) is 3.03. The zero-order valence-electron chi connectivity index (χ0n) is 15.3. The molecule has 2 amide bonds. The summed E-state index contributed by atoms with van der Waals surface area (Å²) in [6.45, 7) is 2.41. The molecule has 10 nitrogen and oxygen atoms in total. The fourth-order valence-corrected chi connectivity index (χ4v) is 2.60. The number of terminal acetylenes is 1. The van der Waals surface area contributed by atoms with Crippen LogP contribution in [-0.2, 0) is 16.0 Å². The van der Waals surface area contributed by atoms with Gasteiger partial charge in [0.1, 0.15) is 10.9 Å². The number of carbonyl (C=O) groups excluding carboxylic acids is 2. The van der Waals surface area contributed by atoms with Gasteiger partial charge in [0.15, 0.2) is 6.19 Å². The van der Waals surface area contributed by atoms with Crippen LogP contribution in [0.15, 0.2) is 10.0 Å². The lowest BCUT2D eigenvalue weighted by atomic mass is 10.4. The fraction of sp³-hybridized carbons (Fsp3) is 0.438. The standard InChI is InChI=1S/C16H21N7O3S/c1-5-13(24)23(16(25)26-3)9-8-19-15(20-10-17)18-7-6-12-21-11(2)14(22-12)27-4/h1H,6-9H2,2-4H3,(H,21,22)(H2,18,19,20). The molecule has 0 aliphatic heterocycles. The van der Waals surface area contributed by atoms with Crippen molar-refractivity contribution in [2.75, 3.05) is 33.0 Å². The van der Waals surface area contributed by atoms with Gasteiger partial charge in [-0.2, -0.15) is 5.26 Å². The van der Waals surface area contributed by atoms with Crippen LogP contribution in [0.4, 0.5) is 4.79 Å². The molecule has 0 aromatic carbocycles. The zero-order chi connectivity index (χ0) is 20.2. The smallest absolute Gasteiger partial charge is 0.417 e. The number of ether oxygens (including phenoxy) is 1. The summed E-state index contributed by atoms with van der Waals surface area (Å²) in [5.74, 6) is 2.05. The van der Waals surface area contributed by atoms with Crippen LogP contribution in [0.2, 0.25) is 0 Å². The molecule has 0 radical (unpaired) electrons. The summed E-state index contributed by atoms with van der Waals surface area (Å²) in [5.41, 5.74) is 0.996. The minimum Gasteiger partial charge on any atom is -0.452 e. The van der Waals surface area contributed by atoms with Crippen LogP contribution in [0.5, 0.6) is 0 Å². The molecule has 0 saturated heterocycles. The van der Waals surface area contributed by atoms with Crippen LogP contribution < -0.4 is 10.6 Å². The number of nitriles is 1. The predicted octanol–water partition coefficient (Wildman–Crippen LogP) is 0.227. The second kappa shape index (κ2) is 11.4. The molecule has 1 heterocycles. The number of nitrogens with zero attached hydrogens (tertiary/aromatic N) is 4. The van der Waals surface area contributed by atoms with E-state index >= 15 is 0 Å². The molecule has 3 N–H and O–H groups in total. The molecule has 144 valence electrons. The summed E-state index contributed by atoms with van der Waals surface area (Å²) in [4.78, 5) is 35.7. The highest BCUT2D eigenvalue weighted by Gasteiger charge is 2.19. The molecule has 0 fully saturated rings. The molecule has 0 unspecified atom stereocenters. The highest BCUT2D eigenvalue weighted by atomic mass is 32.2. The third-order valence-corrected chi connectivity index (χ3v) is 4.05. The first kappa shape index (κ1) is 21.9. The summed E-state index contributed by atoms with van der Waals surface area (Å²) in [5, 5.41) is 15.0. The van der Waals surface area contributed by atoms with Crippen molar-refractivity contribution in [2.45, 2.75) is 18.4 Å². The van der Waals surface area contributed by atoms with E-state index in [1.165, 1.54) is 0 Å². The summed E-state index contributed by atoms with van der Waals surface area (Å²) >= 11 is 1.56. The lowest BCUT2D eigenvalue weighted by Gasteiger charge is -2.17. The quantitative estimate of drug-likeness (QED) is 0.150. The van der Waals surface area contributed by atoms with E-state index in [2.05, 4.69) is 30.3 Å². The monoisotopic (exact) mass is 391 g/mol. The second-order valence-electron chi connectivity index (χ2n) is 5.03. The van der Waals surface area contributed by atoms with Crippen LogP contribution >= 0.6 is 11.8 Å². The first-order valence-corrected chi connectivity index (χ1v) is 9.08. The van der Waals surface area contributed by atoms with Gasteiger partial charge in [-0.15, -0.1) is 18.2 Å². The van der Waals surface area contributed by atoms with Crippen molar-refractivity contribution in [1.82, 2.24) is 25.5 Å². The number of carbonyl (C=O) groups is 2. The Labute approximate surface area is 161 Å². The zero-order valence-corrected chi connectivity index (χ0v) is 16.1. The summed E-state index contributed by atoms with van der Waals surface area (Å²) in [7, 11) is 1.15. The van der Waals surface area contributed by atoms with Crippen molar-refractivity contribution < 1.29 is 14.3 Å². The molecule has 0 aliphatic carbocycles. The maximum Gasteiger partial charge on any atom is 0.417 e. The molecule has 0 bridgehead atoms. The Morgan fingerprint density at radius 2 is 2.26 bits per heavy atom. The van der Waals surface area contributed by atoms with Crippen molar-refractivity contribution >= 4 is 29.7 Å². The number of aliphatic imine (C=N–C) groups is 1. The highest BCUT2D eigenvalue weighted by molar-refractivity contribution is 7.98. The molecule has 0 aliphatic rings. The van der Waals surface area contributed by atoms with Gasteiger partial charge >= 0.3 is 12.0 Å². The van der Waals surface area contributed by atoms with Crippen molar-refractivity contribution in [1.29, 1.82) is 5.26 Å². The number of guanidine groups is 1. The Morgan fingerprint density at radius 3 is 2.81 bits per heavy atom. The molecule has 1 aromatic rings. The summed E-state index contributed by atoms with van der Waals surface area (Å²) < 4.78 is 4.51. The van der Waals surface area contributed by atoms with Crippen molar-refractivity contribution in [3.8, 4) is 18.5 Å². The van der Waals surface area contributed by atoms with Crippen molar-refractivity contribution in [3.05, 3.63) is 11.5 Å². The van der Waals surface area contributed by atoms with Gasteiger partial charge in [-0.3, -0.25) is 15.1 Å². The van der Waals surface area contributed by atoms with Crippen molar-refractivity contribution in [2.24, 2.45) is 4.99 Å². The van der Waals surface area contributed by atoms with Gasteiger partial charge in [0, 0.05) is 25.2 Å². The third-order valence-electron chi connectivity index (χ3n) is 3.27. The number of rotatable bonds is 7. The number of aromatic nitrogens is 2. The van der Waals surface area contributed by atoms with E-state index in [0.29, 0.717) is 13.0 Å². The minimum absolute atomic E-state index is 0.0453. The molecular weight excluding hydrogens is 370 g/mol. The number of hydrogen-bond acceptors (Lipinski definition) is 7. The Kier molecular flexibility index (Phi) is 9.26. The molecular formula is C16H21N7O3S. The molecule has 27 heavy (non-hydrogen) atoms. The van der Waals surface area contributed by atoms with Gasteiger partial charge in [-0.05, 0) is 19.1 Å². The molecule has 0 atom stereocenters. The first-order chi connectivity index (χ1) is 13.0. The number of H-pyrrole nitrogens is 1. The number of hydrogen-bond donors (Lipinski definition) is 3. The van der Waals surface area contributed by atoms with Gasteiger partial charge in [-0.1, -0.05) is 0 Å². The van der Waals surface area contributed by atoms with Gasteiger partial charge in [0.2, 0.25) is 5.96 Å². The highest BCUT2D eigenvalue weighted by Crippen LogP contribution is 2.16. The number of methoxy groups -OCH3 is 1. The van der Waals surface area contributed by atoms with Crippen LogP contribution in [0, 0.1) is 30.7 Å². The van der Waals surface area contributed by atoms with E-state index in [9.17, 15) is 9.59 Å². The number of imide groups is 1. The Morgan fingerprint density at radius 1 is 1.52 bits per heavy atom. The normalized spacial score (nSPS) is 10.5. The number of imidazole rings is 1. The predicted molar refractivity (Wildman–Crippen MR) is 101 cm³/mol. The number of amides is 2. The number of thioether (sulfide) groups is 1. The SMILES string of the molecule is C#CC(=O)N(CCNC(=NCCc1nc(SC)c(C)[nH]1)NC#N)C(=O)OC. The van der Waals surface area contributed by atoms with Gasteiger partial charge in [0.05, 0.1) is 13.7 Å². The molecule has 0 spiro atoms. The largest absolute Gasteiger partial charge is 0.452 e. The Bertz CT molecular complexity index is 776. The number of aryl methyl sites for hydroxylation is 1. The lowest BCUT2D eigenvalue weighted by molar-refractivity contribution is -0.123. The molecule has 1 rings (SSSR count). The van der Waals surface area contributed by atoms with E-state index < -0.39 is 12.0 Å². The number of nitrogens with one attached hydrogen (secondary N) is 3. The van der Waals surface area contributed by atoms with Crippen molar-refractivity contribution in [3.63, 3.8) is 0 Å². The van der Waals surface area contributed by atoms with Crippen LogP contribution in [0.3, 0.4) is 0 Å². The van der Waals surface area contributed by atoms with Gasteiger partial charge in [-0.25, -0.2) is 14.7 Å². The minimum atomic E-state index is -0.857. The first-order valence-electron chi connectivity index (χ1n) is 7.85. The molecule has 1 aromatic heterocycles. The van der Waals surface area contributed by atoms with Crippen LogP contribution in [0.25, 0.3) is 0 Å². The molecule has 11 heteroatoms. The topological polar surface area (TPSA) is 135 Å². The van der Waals surface area contributed by atoms with E-state index in [-0.39, 0.29) is 19.0 Å². The fourth-order valence-electron chi connectivity index (χ4n) is 2.04. The van der Waals surface area contributed by atoms with E-state index in [1.807, 2.05) is 19.1 Å². The summed E-state index contributed by atoms with van der Waals surface area (Å²) in [6, 6.07) is 0. The maximum absolute atomic E-state index is 11.5. The van der Waals surface area contributed by atoms with E-state index in [4.69, 9.17) is 11.7 Å².